The van der Waals surface area contributed by atoms with Crippen LogP contribution in [0.15, 0.2) is 24.3 Å². The Hall–Kier alpha value is -2.09. The van der Waals surface area contributed by atoms with Gasteiger partial charge in [-0.2, -0.15) is 13.2 Å². The number of halogens is 3. The van der Waals surface area contributed by atoms with Crippen LogP contribution in [0.3, 0.4) is 0 Å². The van der Waals surface area contributed by atoms with E-state index in [0.717, 1.165) is 23.8 Å². The van der Waals surface area contributed by atoms with Crippen molar-refractivity contribution in [3.8, 4) is 0 Å². The highest BCUT2D eigenvalue weighted by atomic mass is 19.4. The van der Waals surface area contributed by atoms with E-state index in [9.17, 15) is 22.8 Å². The molecule has 5 aliphatic rings. The van der Waals surface area contributed by atoms with Gasteiger partial charge in [0.2, 0.25) is 11.8 Å². The van der Waals surface area contributed by atoms with E-state index in [1.54, 1.807) is 11.0 Å². The lowest BCUT2D eigenvalue weighted by atomic mass is 9.31. The molecule has 5 fully saturated rings. The molecule has 2 amide bonds. The highest BCUT2D eigenvalue weighted by Gasteiger charge is 2.80. The fraction of sp³-hybridized carbons (Fsp3) is 0.692. The summed E-state index contributed by atoms with van der Waals surface area (Å²) in [5.74, 6) is 2.39. The normalized spacial score (nSPS) is 36.0. The molecule has 2 bridgehead atoms. The van der Waals surface area contributed by atoms with Gasteiger partial charge in [0.15, 0.2) is 0 Å². The van der Waals surface area contributed by atoms with Crippen LogP contribution in [0.1, 0.15) is 49.7 Å². The number of nitrogens with one attached hydrogen (secondary N) is 1. The van der Waals surface area contributed by atoms with E-state index in [1.807, 2.05) is 4.90 Å². The summed E-state index contributed by atoms with van der Waals surface area (Å²) >= 11 is 0. The number of hydrogen-bond donors (Lipinski definition) is 1. The lowest BCUT2D eigenvalue weighted by molar-refractivity contribution is -0.245. The van der Waals surface area contributed by atoms with E-state index in [4.69, 9.17) is 0 Å². The minimum absolute atomic E-state index is 0.00164. The SMILES string of the molecule is O=C(CC12CC3CC4CC(C1)C42C3)NCC(=O)N1CCN(Cc2ccccc2C(F)(F)F)CC1. The number of nitrogens with zero attached hydrogens (tertiary/aromatic N) is 2. The molecule has 6 rings (SSSR count). The zero-order chi connectivity index (χ0) is 23.7. The highest BCUT2D eigenvalue weighted by molar-refractivity contribution is 5.85. The van der Waals surface area contributed by atoms with E-state index in [0.29, 0.717) is 38.0 Å². The van der Waals surface area contributed by atoms with Gasteiger partial charge in [0.1, 0.15) is 0 Å². The van der Waals surface area contributed by atoms with Crippen molar-refractivity contribution in [3.63, 3.8) is 0 Å². The zero-order valence-electron chi connectivity index (χ0n) is 19.4. The molecule has 5 nitrogen and oxygen atoms in total. The Labute approximate surface area is 198 Å². The zero-order valence-corrected chi connectivity index (χ0v) is 19.4. The number of piperazine rings is 1. The van der Waals surface area contributed by atoms with Crippen molar-refractivity contribution in [1.29, 1.82) is 0 Å². The minimum atomic E-state index is -4.37. The van der Waals surface area contributed by atoms with Gasteiger partial charge in [-0.15, -0.1) is 0 Å². The molecule has 1 aromatic rings. The molecule has 4 aliphatic carbocycles. The maximum absolute atomic E-state index is 13.3. The second-order valence-electron chi connectivity index (χ2n) is 11.4. The Morgan fingerprint density at radius 1 is 1.00 bits per heavy atom. The van der Waals surface area contributed by atoms with E-state index in [1.165, 1.54) is 44.2 Å². The summed E-state index contributed by atoms with van der Waals surface area (Å²) < 4.78 is 39.8. The van der Waals surface area contributed by atoms with Crippen LogP contribution in [-0.2, 0) is 22.3 Å². The summed E-state index contributed by atoms with van der Waals surface area (Å²) in [6, 6.07) is 5.66. The molecule has 8 heteroatoms. The molecule has 1 aromatic carbocycles. The summed E-state index contributed by atoms with van der Waals surface area (Å²) in [6.07, 6.45) is 2.64. The fourth-order valence-corrected chi connectivity index (χ4v) is 8.70. The van der Waals surface area contributed by atoms with Crippen LogP contribution in [0.2, 0.25) is 0 Å². The first-order chi connectivity index (χ1) is 16.2. The average molecular weight is 476 g/mol. The van der Waals surface area contributed by atoms with Crippen molar-refractivity contribution in [2.45, 2.75) is 51.2 Å². The molecule has 1 heterocycles. The fourth-order valence-electron chi connectivity index (χ4n) is 8.70. The lowest BCUT2D eigenvalue weighted by Crippen LogP contribution is -2.67. The quantitative estimate of drug-likeness (QED) is 0.683. The monoisotopic (exact) mass is 475 g/mol. The first-order valence-electron chi connectivity index (χ1n) is 12.6. The number of alkyl halides is 3. The molecule has 5 atom stereocenters. The van der Waals surface area contributed by atoms with Gasteiger partial charge in [-0.25, -0.2) is 0 Å². The number of carbonyl (C=O) groups is 2. The third-order valence-electron chi connectivity index (χ3n) is 9.95. The number of hydrogen-bond acceptors (Lipinski definition) is 3. The molecule has 0 radical (unpaired) electrons. The number of rotatable bonds is 6. The van der Waals surface area contributed by atoms with Crippen LogP contribution in [0, 0.1) is 28.6 Å². The third-order valence-corrected chi connectivity index (χ3v) is 9.95. The van der Waals surface area contributed by atoms with Gasteiger partial charge in [0, 0.05) is 39.1 Å². The summed E-state index contributed by atoms with van der Waals surface area (Å²) in [5, 5.41) is 2.88. The Bertz CT molecular complexity index is 1010. The Morgan fingerprint density at radius 3 is 2.47 bits per heavy atom. The summed E-state index contributed by atoms with van der Waals surface area (Å²) in [7, 11) is 0. The van der Waals surface area contributed by atoms with Gasteiger partial charge in [-0.3, -0.25) is 14.5 Å². The van der Waals surface area contributed by atoms with Crippen LogP contribution in [-0.4, -0.2) is 54.3 Å². The molecular weight excluding hydrogens is 443 g/mol. The van der Waals surface area contributed by atoms with E-state index in [2.05, 4.69) is 5.32 Å². The van der Waals surface area contributed by atoms with Crippen LogP contribution in [0.4, 0.5) is 13.2 Å². The Kier molecular flexibility index (Phi) is 5.07. The number of amides is 2. The van der Waals surface area contributed by atoms with Crippen molar-refractivity contribution in [2.24, 2.45) is 28.6 Å². The molecule has 1 aliphatic heterocycles. The predicted octanol–water partition coefficient (Wildman–Crippen LogP) is 3.68. The number of fused-ring (bicyclic) bond motifs is 1. The van der Waals surface area contributed by atoms with E-state index in [-0.39, 0.29) is 35.9 Å². The van der Waals surface area contributed by atoms with Crippen LogP contribution in [0.5, 0.6) is 0 Å². The maximum Gasteiger partial charge on any atom is 0.416 e. The molecule has 0 aromatic heterocycles. The van der Waals surface area contributed by atoms with Gasteiger partial charge >= 0.3 is 6.18 Å². The Balaban J connectivity index is 0.968. The van der Waals surface area contributed by atoms with Crippen molar-refractivity contribution in [2.75, 3.05) is 32.7 Å². The summed E-state index contributed by atoms with van der Waals surface area (Å²) in [5.41, 5.74) is 0.319. The van der Waals surface area contributed by atoms with Gasteiger partial charge < -0.3 is 10.2 Å². The summed E-state index contributed by atoms with van der Waals surface area (Å²) in [4.78, 5) is 29.1. The van der Waals surface area contributed by atoms with E-state index < -0.39 is 11.7 Å². The molecule has 1 N–H and O–H groups in total. The first kappa shape index (κ1) is 22.4. The maximum atomic E-state index is 13.3. The topological polar surface area (TPSA) is 52.7 Å². The van der Waals surface area contributed by atoms with Gasteiger partial charge in [0.25, 0.3) is 0 Å². The van der Waals surface area contributed by atoms with Gasteiger partial charge in [0.05, 0.1) is 12.1 Å². The highest BCUT2D eigenvalue weighted by Crippen LogP contribution is 2.87. The number of benzene rings is 1. The van der Waals surface area contributed by atoms with Crippen molar-refractivity contribution in [3.05, 3.63) is 35.4 Å². The van der Waals surface area contributed by atoms with Crippen LogP contribution < -0.4 is 5.32 Å². The van der Waals surface area contributed by atoms with Crippen LogP contribution in [0.25, 0.3) is 0 Å². The standard InChI is InChI=1S/C26H32F3N3O2/c27-26(28,29)21-4-2-1-3-18(21)16-31-5-7-32(8-6-31)23(34)15-30-22(33)14-24-11-17-9-19-10-20(13-24)25(19,24)12-17/h1-4,17,19-20H,5-16H2,(H,30,33). The number of carbonyl (C=O) groups excluding carboxylic acids is 2. The molecule has 1 saturated heterocycles. The molecule has 4 saturated carbocycles. The van der Waals surface area contributed by atoms with E-state index >= 15 is 0 Å². The molecule has 1 spiro atoms. The molecule has 34 heavy (non-hydrogen) atoms. The summed E-state index contributed by atoms with van der Waals surface area (Å²) in [6.45, 7) is 2.17. The second-order valence-corrected chi connectivity index (χ2v) is 11.4. The first-order valence-corrected chi connectivity index (χ1v) is 12.6. The van der Waals surface area contributed by atoms with Crippen molar-refractivity contribution < 1.29 is 22.8 Å². The van der Waals surface area contributed by atoms with Crippen molar-refractivity contribution in [1.82, 2.24) is 15.1 Å². The minimum Gasteiger partial charge on any atom is -0.347 e. The van der Waals surface area contributed by atoms with Gasteiger partial charge in [-0.05, 0) is 72.3 Å². The van der Waals surface area contributed by atoms with Crippen LogP contribution >= 0.6 is 0 Å². The predicted molar refractivity (Wildman–Crippen MR) is 119 cm³/mol. The Morgan fingerprint density at radius 2 is 1.76 bits per heavy atom. The smallest absolute Gasteiger partial charge is 0.347 e. The average Bonchev–Trinajstić information content (AvgIpc) is 3.27. The largest absolute Gasteiger partial charge is 0.416 e. The third kappa shape index (κ3) is 3.31. The molecule has 5 unspecified atom stereocenters. The van der Waals surface area contributed by atoms with Crippen molar-refractivity contribution >= 4 is 11.8 Å². The second kappa shape index (κ2) is 7.70. The molecular formula is C26H32F3N3O2. The lowest BCUT2D eigenvalue weighted by Gasteiger charge is -2.73. The molecule has 184 valence electrons. The van der Waals surface area contributed by atoms with Gasteiger partial charge in [-0.1, -0.05) is 18.2 Å².